The van der Waals surface area contributed by atoms with E-state index in [0.29, 0.717) is 35.0 Å². The molecule has 0 saturated carbocycles. The zero-order valence-corrected chi connectivity index (χ0v) is 31.5. The van der Waals surface area contributed by atoms with Gasteiger partial charge in [-0.05, 0) is 88.1 Å². The van der Waals surface area contributed by atoms with Crippen LogP contribution in [0.25, 0.3) is 11.1 Å². The van der Waals surface area contributed by atoms with Crippen LogP contribution < -0.4 is 15.4 Å². The Labute approximate surface area is 310 Å². The van der Waals surface area contributed by atoms with Crippen molar-refractivity contribution in [1.29, 1.82) is 0 Å². The smallest absolute Gasteiger partial charge is 0.266 e. The van der Waals surface area contributed by atoms with Gasteiger partial charge >= 0.3 is 0 Å². The van der Waals surface area contributed by atoms with Gasteiger partial charge in [0, 0.05) is 18.0 Å². The van der Waals surface area contributed by atoms with Crippen LogP contribution in [0.1, 0.15) is 55.3 Å². The Morgan fingerprint density at radius 2 is 1.85 bits per heavy atom. The van der Waals surface area contributed by atoms with Crippen molar-refractivity contribution in [3.8, 4) is 0 Å². The molecule has 3 aromatic rings. The average molecular weight is 761 g/mol. The predicted molar refractivity (Wildman–Crippen MR) is 196 cm³/mol. The molecule has 52 heavy (non-hydrogen) atoms. The molecule has 2 saturated heterocycles. The van der Waals surface area contributed by atoms with Gasteiger partial charge in [0.15, 0.2) is 5.58 Å². The van der Waals surface area contributed by atoms with Crippen molar-refractivity contribution in [1.82, 2.24) is 30.1 Å². The highest BCUT2D eigenvalue weighted by molar-refractivity contribution is 7.88. The van der Waals surface area contributed by atoms with Gasteiger partial charge in [-0.15, -0.1) is 0 Å². The molecular formula is C36H49ClN6O8S. The Morgan fingerprint density at radius 1 is 1.12 bits per heavy atom. The van der Waals surface area contributed by atoms with Crippen LogP contribution in [-0.4, -0.2) is 118 Å². The number of sulfonamides is 1. The standard InChI is InChI=1S/C36H49ClN6O8S/c1-4-42(2)23-49-22-30(33(44)35-40-28-7-5-6-8-32(28)51-35)39-34(45)31-19-27(50-21-25-9-12-26(37)13-10-25)20-43(31)36(46)29(41-52(3,47)48)14-11-24-15-17-38-18-16-24/h5-10,12-13,24,27,29-31,38,41H,4,11,14-23H2,1-3H3,(H,39,45)/t27-,29-,30+,31+/m1/s1. The van der Waals surface area contributed by atoms with Gasteiger partial charge in [0.25, 0.3) is 5.89 Å². The van der Waals surface area contributed by atoms with E-state index in [9.17, 15) is 22.8 Å². The molecule has 1 aromatic heterocycles. The van der Waals surface area contributed by atoms with E-state index in [1.807, 2.05) is 31.0 Å². The number of Topliss-reactive ketones (excluding diaryl/α,β-unsaturated/α-hetero) is 1. The molecule has 2 aromatic carbocycles. The molecule has 0 radical (unpaired) electrons. The molecule has 284 valence electrons. The number of carbonyl (C=O) groups is 3. The molecule has 5 rings (SSSR count). The molecular weight excluding hydrogens is 712 g/mol. The number of amides is 2. The van der Waals surface area contributed by atoms with Crippen LogP contribution >= 0.6 is 11.6 Å². The van der Waals surface area contributed by atoms with E-state index >= 15 is 0 Å². The maximum Gasteiger partial charge on any atom is 0.266 e. The summed E-state index contributed by atoms with van der Waals surface area (Å²) in [5.41, 5.74) is 1.77. The number of rotatable bonds is 18. The fourth-order valence-corrected chi connectivity index (χ4v) is 7.33. The third kappa shape index (κ3) is 11.3. The third-order valence-electron chi connectivity index (χ3n) is 9.50. The lowest BCUT2D eigenvalue weighted by molar-refractivity contribution is -0.140. The van der Waals surface area contributed by atoms with Crippen LogP contribution in [0.2, 0.25) is 5.02 Å². The molecule has 3 N–H and O–H groups in total. The second-order valence-corrected chi connectivity index (χ2v) is 15.8. The highest BCUT2D eigenvalue weighted by atomic mass is 35.5. The molecule has 2 aliphatic rings. The van der Waals surface area contributed by atoms with Crippen molar-refractivity contribution in [2.45, 2.75) is 69.9 Å². The van der Waals surface area contributed by atoms with E-state index in [2.05, 4.69) is 20.3 Å². The van der Waals surface area contributed by atoms with Crippen LogP contribution in [0.4, 0.5) is 0 Å². The average Bonchev–Trinajstić information content (AvgIpc) is 3.77. The summed E-state index contributed by atoms with van der Waals surface area (Å²) in [7, 11) is -1.92. The van der Waals surface area contributed by atoms with E-state index in [1.165, 1.54) is 4.90 Å². The molecule has 0 unspecified atom stereocenters. The normalized spacial score (nSPS) is 19.6. The van der Waals surface area contributed by atoms with E-state index in [0.717, 1.165) is 37.8 Å². The van der Waals surface area contributed by atoms with E-state index in [4.69, 9.17) is 25.5 Å². The number of nitrogens with one attached hydrogen (secondary N) is 3. The lowest BCUT2D eigenvalue weighted by Gasteiger charge is -2.30. The number of oxazole rings is 1. The third-order valence-corrected chi connectivity index (χ3v) is 10.5. The Balaban J connectivity index is 1.38. The highest BCUT2D eigenvalue weighted by Gasteiger charge is 2.44. The second kappa shape index (κ2) is 18.5. The number of benzene rings is 2. The number of aromatic nitrogens is 1. The lowest BCUT2D eigenvalue weighted by Crippen LogP contribution is -2.56. The minimum Gasteiger partial charge on any atom is -0.434 e. The van der Waals surface area contributed by atoms with Crippen molar-refractivity contribution in [2.24, 2.45) is 5.92 Å². The van der Waals surface area contributed by atoms with E-state index in [1.54, 1.807) is 36.4 Å². The number of ketones is 1. The molecule has 4 atom stereocenters. The number of hydrogen-bond acceptors (Lipinski definition) is 11. The maximum atomic E-state index is 14.3. The topological polar surface area (TPSA) is 172 Å². The molecule has 2 amide bonds. The van der Waals surface area contributed by atoms with Crippen LogP contribution in [-0.2, 0) is 35.7 Å². The molecule has 0 aliphatic carbocycles. The van der Waals surface area contributed by atoms with Gasteiger partial charge in [0.05, 0.1) is 32.3 Å². The zero-order chi connectivity index (χ0) is 37.3. The number of hydrogen-bond donors (Lipinski definition) is 3. The second-order valence-electron chi connectivity index (χ2n) is 13.6. The van der Waals surface area contributed by atoms with Crippen molar-refractivity contribution in [3.63, 3.8) is 0 Å². The van der Waals surface area contributed by atoms with E-state index < -0.39 is 51.9 Å². The molecule has 2 aliphatic heterocycles. The van der Waals surface area contributed by atoms with Crippen LogP contribution in [0.5, 0.6) is 0 Å². The van der Waals surface area contributed by atoms with Gasteiger partial charge < -0.3 is 29.4 Å². The van der Waals surface area contributed by atoms with Gasteiger partial charge in [-0.1, -0.05) is 42.8 Å². The highest BCUT2D eigenvalue weighted by Crippen LogP contribution is 2.26. The van der Waals surface area contributed by atoms with Gasteiger partial charge in [-0.2, -0.15) is 0 Å². The van der Waals surface area contributed by atoms with Gasteiger partial charge in [-0.25, -0.2) is 18.1 Å². The van der Waals surface area contributed by atoms with Gasteiger partial charge in [-0.3, -0.25) is 19.3 Å². The van der Waals surface area contributed by atoms with Gasteiger partial charge in [0.1, 0.15) is 23.6 Å². The number of halogens is 1. The maximum absolute atomic E-state index is 14.3. The SMILES string of the molecule is CCN(C)COC[C@H](NC(=O)[C@@H]1C[C@@H](OCc2ccc(Cl)cc2)CN1C(=O)[C@@H](CCC1CCNCC1)NS(C)(=O)=O)C(=O)c1nc2ccccc2o1. The van der Waals surface area contributed by atoms with Crippen LogP contribution in [0, 0.1) is 5.92 Å². The number of piperidine rings is 1. The summed E-state index contributed by atoms with van der Waals surface area (Å²) in [6.45, 7) is 4.66. The number of nitrogens with zero attached hydrogens (tertiary/aromatic N) is 3. The Kier molecular flexibility index (Phi) is 14.2. The summed E-state index contributed by atoms with van der Waals surface area (Å²) < 4.78 is 45.3. The molecule has 0 spiro atoms. The quantitative estimate of drug-likeness (QED) is 0.129. The number of likely N-dealkylation sites (tertiary alicyclic amines) is 1. The first-order valence-corrected chi connectivity index (χ1v) is 20.0. The molecule has 16 heteroatoms. The Bertz CT molecular complexity index is 1730. The molecule has 2 fully saturated rings. The lowest BCUT2D eigenvalue weighted by atomic mass is 9.91. The van der Waals surface area contributed by atoms with Crippen LogP contribution in [0.15, 0.2) is 52.9 Å². The summed E-state index contributed by atoms with van der Waals surface area (Å²) in [5.74, 6) is -1.56. The number of ether oxygens (including phenoxy) is 2. The van der Waals surface area contributed by atoms with Crippen molar-refractivity contribution in [3.05, 3.63) is 65.0 Å². The fourth-order valence-electron chi connectivity index (χ4n) is 6.46. The number of fused-ring (bicyclic) bond motifs is 1. The van der Waals surface area contributed by atoms with E-state index in [-0.39, 0.29) is 45.2 Å². The predicted octanol–water partition coefficient (Wildman–Crippen LogP) is 2.96. The minimum atomic E-state index is -3.78. The number of para-hydroxylation sites is 2. The van der Waals surface area contributed by atoms with Gasteiger partial charge in [0.2, 0.25) is 27.6 Å². The Morgan fingerprint density at radius 3 is 2.54 bits per heavy atom. The fraction of sp³-hybridized carbons (Fsp3) is 0.556. The molecule has 3 heterocycles. The monoisotopic (exact) mass is 760 g/mol. The van der Waals surface area contributed by atoms with Crippen molar-refractivity contribution >= 4 is 50.3 Å². The minimum absolute atomic E-state index is 0.0430. The summed E-state index contributed by atoms with van der Waals surface area (Å²) in [6, 6.07) is 10.8. The summed E-state index contributed by atoms with van der Waals surface area (Å²) in [5, 5.41) is 6.71. The zero-order valence-electron chi connectivity index (χ0n) is 29.9. The molecule has 0 bridgehead atoms. The largest absolute Gasteiger partial charge is 0.434 e. The first kappa shape index (κ1) is 39.8. The summed E-state index contributed by atoms with van der Waals surface area (Å²) in [6.07, 6.45) is 3.36. The van der Waals surface area contributed by atoms with Crippen molar-refractivity contribution < 1.29 is 36.7 Å². The summed E-state index contributed by atoms with van der Waals surface area (Å²) >= 11 is 6.05. The first-order valence-electron chi connectivity index (χ1n) is 17.7. The van der Waals surface area contributed by atoms with Crippen molar-refractivity contribution in [2.75, 3.05) is 52.8 Å². The number of carbonyl (C=O) groups excluding carboxylic acids is 3. The molecule has 14 nitrogen and oxygen atoms in total. The van der Waals surface area contributed by atoms with Crippen LogP contribution in [0.3, 0.4) is 0 Å². The summed E-state index contributed by atoms with van der Waals surface area (Å²) in [4.78, 5) is 49.9. The Hall–Kier alpha value is -3.44. The first-order chi connectivity index (χ1) is 24.9.